The molecule has 1 aromatic heterocycles. The minimum atomic E-state index is -0.508. The highest BCUT2D eigenvalue weighted by Gasteiger charge is 2.23. The average Bonchev–Trinajstić information content (AvgIpc) is 3.05. The first-order valence-corrected chi connectivity index (χ1v) is 6.85. The summed E-state index contributed by atoms with van der Waals surface area (Å²) in [6.45, 7) is 3.01. The first-order valence-electron chi connectivity index (χ1n) is 6.85. The molecule has 0 radical (unpaired) electrons. The number of carbonyl (C=O) groups is 1. The van der Waals surface area contributed by atoms with Crippen LogP contribution in [-0.2, 0) is 19.0 Å². The minimum absolute atomic E-state index is 0.0654. The molecule has 1 aliphatic rings. The van der Waals surface area contributed by atoms with Crippen molar-refractivity contribution >= 4 is 5.97 Å². The predicted octanol–water partition coefficient (Wildman–Crippen LogP) is 2.06. The molecule has 6 heteroatoms. The van der Waals surface area contributed by atoms with Gasteiger partial charge in [-0.1, -0.05) is 6.92 Å². The number of pyridine rings is 1. The van der Waals surface area contributed by atoms with Gasteiger partial charge in [-0.05, 0) is 18.4 Å². The van der Waals surface area contributed by atoms with Crippen molar-refractivity contribution in [1.29, 1.82) is 5.26 Å². The molecule has 2 rings (SSSR count). The summed E-state index contributed by atoms with van der Waals surface area (Å²) in [7, 11) is 1.37. The van der Waals surface area contributed by atoms with Crippen LogP contribution >= 0.6 is 0 Å². The fraction of sp³-hybridized carbons (Fsp3) is 0.533. The fourth-order valence-electron chi connectivity index (χ4n) is 2.16. The molecular formula is C15H18N2O4. The van der Waals surface area contributed by atoms with E-state index in [9.17, 15) is 10.1 Å². The molecule has 21 heavy (non-hydrogen) atoms. The van der Waals surface area contributed by atoms with Crippen LogP contribution in [0, 0.1) is 11.3 Å². The van der Waals surface area contributed by atoms with Crippen molar-refractivity contribution < 1.29 is 19.0 Å². The number of carbonyl (C=O) groups excluding carboxylic acids is 1. The largest absolute Gasteiger partial charge is 0.469 e. The van der Waals surface area contributed by atoms with Crippen LogP contribution < -0.4 is 0 Å². The highest BCUT2D eigenvalue weighted by molar-refractivity contribution is 5.69. The third kappa shape index (κ3) is 3.78. The molecule has 1 atom stereocenters. The summed E-state index contributed by atoms with van der Waals surface area (Å²) >= 11 is 0. The lowest BCUT2D eigenvalue weighted by Gasteiger charge is -2.14. The van der Waals surface area contributed by atoms with Crippen LogP contribution in [0.3, 0.4) is 0 Å². The Bertz CT molecular complexity index is 547. The molecule has 0 aromatic carbocycles. The maximum Gasteiger partial charge on any atom is 0.305 e. The lowest BCUT2D eigenvalue weighted by atomic mass is 9.98. The summed E-state index contributed by atoms with van der Waals surface area (Å²) in [6, 6.07) is 3.89. The number of hydrogen-bond acceptors (Lipinski definition) is 6. The van der Waals surface area contributed by atoms with E-state index in [1.165, 1.54) is 7.11 Å². The third-order valence-electron chi connectivity index (χ3n) is 3.47. The Morgan fingerprint density at radius 2 is 2.29 bits per heavy atom. The van der Waals surface area contributed by atoms with Crippen molar-refractivity contribution in [3.05, 3.63) is 29.1 Å². The molecule has 1 unspecified atom stereocenters. The zero-order valence-electron chi connectivity index (χ0n) is 12.2. The highest BCUT2D eigenvalue weighted by Crippen LogP contribution is 2.28. The molecule has 1 aliphatic heterocycles. The number of methoxy groups -OCH3 is 1. The Labute approximate surface area is 123 Å². The maximum atomic E-state index is 11.2. The van der Waals surface area contributed by atoms with Gasteiger partial charge < -0.3 is 14.2 Å². The van der Waals surface area contributed by atoms with Crippen LogP contribution in [0.5, 0.6) is 0 Å². The third-order valence-corrected chi connectivity index (χ3v) is 3.47. The van der Waals surface area contributed by atoms with Gasteiger partial charge in [-0.3, -0.25) is 9.78 Å². The topological polar surface area (TPSA) is 81.4 Å². The molecule has 0 N–H and O–H groups in total. The average molecular weight is 290 g/mol. The van der Waals surface area contributed by atoms with Crippen LogP contribution in [-0.4, -0.2) is 31.3 Å². The van der Waals surface area contributed by atoms with Gasteiger partial charge in [0.2, 0.25) is 0 Å². The summed E-state index contributed by atoms with van der Waals surface area (Å²) in [5.41, 5.74) is 1.92. The second kappa shape index (κ2) is 7.16. The van der Waals surface area contributed by atoms with Crippen LogP contribution in [0.4, 0.5) is 0 Å². The van der Waals surface area contributed by atoms with Crippen LogP contribution in [0.1, 0.15) is 48.8 Å². The van der Waals surface area contributed by atoms with Gasteiger partial charge >= 0.3 is 5.97 Å². The Hall–Kier alpha value is -1.97. The molecule has 0 spiro atoms. The summed E-state index contributed by atoms with van der Waals surface area (Å²) in [4.78, 5) is 15.5. The fourth-order valence-corrected chi connectivity index (χ4v) is 2.16. The van der Waals surface area contributed by atoms with Gasteiger partial charge in [0.05, 0.1) is 32.0 Å². The van der Waals surface area contributed by atoms with Crippen molar-refractivity contribution in [3.8, 4) is 6.07 Å². The number of aromatic nitrogens is 1. The van der Waals surface area contributed by atoms with Crippen molar-refractivity contribution in [3.63, 3.8) is 0 Å². The standard InChI is InChI=1S/C15H18N2O4/c1-10(3-4-14(18)19-2)13-7-11(8-16)12(9-17-13)15-20-5-6-21-15/h7,9-10,15H,3-6H2,1-2H3. The number of nitrogens with zero attached hydrogens (tertiary/aromatic N) is 2. The van der Waals surface area contributed by atoms with Crippen LogP contribution in [0.25, 0.3) is 0 Å². The molecule has 0 amide bonds. The number of hydrogen-bond donors (Lipinski definition) is 0. The van der Waals surface area contributed by atoms with E-state index in [1.807, 2.05) is 6.92 Å². The van der Waals surface area contributed by atoms with Crippen molar-refractivity contribution in [2.24, 2.45) is 0 Å². The quantitative estimate of drug-likeness (QED) is 0.772. The summed E-state index contributed by atoms with van der Waals surface area (Å²) < 4.78 is 15.4. The smallest absolute Gasteiger partial charge is 0.305 e. The van der Waals surface area contributed by atoms with E-state index in [4.69, 9.17) is 9.47 Å². The zero-order valence-corrected chi connectivity index (χ0v) is 12.2. The number of esters is 1. The first-order chi connectivity index (χ1) is 10.2. The van der Waals surface area contributed by atoms with E-state index in [1.54, 1.807) is 12.3 Å². The van der Waals surface area contributed by atoms with E-state index in [0.29, 0.717) is 37.2 Å². The SMILES string of the molecule is COC(=O)CCC(C)c1cc(C#N)c(C2OCCO2)cn1. The second-order valence-corrected chi connectivity index (χ2v) is 4.90. The Morgan fingerprint density at radius 3 is 2.90 bits per heavy atom. The number of nitriles is 1. The van der Waals surface area contributed by atoms with E-state index >= 15 is 0 Å². The molecule has 112 valence electrons. The van der Waals surface area contributed by atoms with Gasteiger partial charge in [0, 0.05) is 23.9 Å². The highest BCUT2D eigenvalue weighted by atomic mass is 16.7. The van der Waals surface area contributed by atoms with E-state index in [2.05, 4.69) is 15.8 Å². The zero-order chi connectivity index (χ0) is 15.2. The van der Waals surface area contributed by atoms with Gasteiger partial charge in [-0.15, -0.1) is 0 Å². The molecule has 1 aromatic rings. The Morgan fingerprint density at radius 1 is 1.57 bits per heavy atom. The van der Waals surface area contributed by atoms with Gasteiger partial charge in [-0.25, -0.2) is 0 Å². The summed E-state index contributed by atoms with van der Waals surface area (Å²) in [5, 5.41) is 9.28. The van der Waals surface area contributed by atoms with Crippen molar-refractivity contribution in [1.82, 2.24) is 4.98 Å². The molecule has 0 bridgehead atoms. The molecule has 1 saturated heterocycles. The first kappa shape index (κ1) is 15.4. The monoisotopic (exact) mass is 290 g/mol. The van der Waals surface area contributed by atoms with Crippen LogP contribution in [0.15, 0.2) is 12.3 Å². The number of ether oxygens (including phenoxy) is 3. The van der Waals surface area contributed by atoms with Crippen molar-refractivity contribution in [2.45, 2.75) is 32.0 Å². The van der Waals surface area contributed by atoms with E-state index in [-0.39, 0.29) is 11.9 Å². The van der Waals surface area contributed by atoms with Crippen LogP contribution in [0.2, 0.25) is 0 Å². The van der Waals surface area contributed by atoms with E-state index < -0.39 is 6.29 Å². The maximum absolute atomic E-state index is 11.2. The van der Waals surface area contributed by atoms with Gasteiger partial charge in [0.25, 0.3) is 0 Å². The van der Waals surface area contributed by atoms with Gasteiger partial charge in [0.15, 0.2) is 6.29 Å². The summed E-state index contributed by atoms with van der Waals surface area (Å²) in [5.74, 6) is -0.178. The normalized spacial score (nSPS) is 16.4. The Kier molecular flexibility index (Phi) is 5.26. The van der Waals surface area contributed by atoms with Gasteiger partial charge in [-0.2, -0.15) is 5.26 Å². The molecule has 6 nitrogen and oxygen atoms in total. The Balaban J connectivity index is 2.11. The van der Waals surface area contributed by atoms with Gasteiger partial charge in [0.1, 0.15) is 0 Å². The predicted molar refractivity (Wildman–Crippen MR) is 73.3 cm³/mol. The number of rotatable bonds is 5. The lowest BCUT2D eigenvalue weighted by molar-refractivity contribution is -0.140. The molecule has 2 heterocycles. The minimum Gasteiger partial charge on any atom is -0.469 e. The second-order valence-electron chi connectivity index (χ2n) is 4.90. The van der Waals surface area contributed by atoms with E-state index in [0.717, 1.165) is 5.69 Å². The molecule has 0 aliphatic carbocycles. The summed E-state index contributed by atoms with van der Waals surface area (Å²) in [6.07, 6.45) is 2.07. The lowest BCUT2D eigenvalue weighted by Crippen LogP contribution is -2.07. The molecule has 1 fully saturated rings. The molecular weight excluding hydrogens is 272 g/mol. The molecule has 0 saturated carbocycles. The van der Waals surface area contributed by atoms with Crippen molar-refractivity contribution in [2.75, 3.05) is 20.3 Å².